The number of amides is 1. The van der Waals surface area contributed by atoms with Gasteiger partial charge in [0.1, 0.15) is 22.9 Å². The average molecular weight is 450 g/mol. The number of carbonyl (C=O) groups is 1. The number of rotatable bonds is 5. The largest absolute Gasteiger partial charge is 0.469 e. The maximum absolute atomic E-state index is 12.2. The number of benzene rings is 1. The van der Waals surface area contributed by atoms with Gasteiger partial charge in [-0.15, -0.1) is 0 Å². The SMILES string of the molecule is CC(C)(C)OC(=O)N1CCC(Oc2ncc(Br)nc2OCc2ccccc2)C1. The van der Waals surface area contributed by atoms with Crippen LogP contribution in [0, 0.1) is 0 Å². The molecule has 1 amide bonds. The lowest BCUT2D eigenvalue weighted by atomic mass is 10.2. The predicted molar refractivity (Wildman–Crippen MR) is 107 cm³/mol. The number of aromatic nitrogens is 2. The molecule has 2 aromatic rings. The number of hydrogen-bond acceptors (Lipinski definition) is 6. The first-order valence-corrected chi connectivity index (χ1v) is 9.93. The Labute approximate surface area is 173 Å². The van der Waals surface area contributed by atoms with Crippen molar-refractivity contribution in [2.75, 3.05) is 13.1 Å². The van der Waals surface area contributed by atoms with Crippen molar-refractivity contribution in [1.29, 1.82) is 0 Å². The van der Waals surface area contributed by atoms with Gasteiger partial charge in [0.25, 0.3) is 11.8 Å². The highest BCUT2D eigenvalue weighted by Gasteiger charge is 2.31. The maximum Gasteiger partial charge on any atom is 0.410 e. The summed E-state index contributed by atoms with van der Waals surface area (Å²) >= 11 is 3.31. The molecule has 0 N–H and O–H groups in total. The summed E-state index contributed by atoms with van der Waals surface area (Å²) in [4.78, 5) is 22.5. The molecule has 1 atom stereocenters. The molecule has 0 aliphatic carbocycles. The molecular weight excluding hydrogens is 426 g/mol. The van der Waals surface area contributed by atoms with Crippen molar-refractivity contribution in [2.24, 2.45) is 0 Å². The molecule has 8 heteroatoms. The van der Waals surface area contributed by atoms with E-state index in [1.54, 1.807) is 11.1 Å². The van der Waals surface area contributed by atoms with Gasteiger partial charge in [0, 0.05) is 13.0 Å². The molecule has 3 rings (SSSR count). The normalized spacial score (nSPS) is 16.7. The number of ether oxygens (including phenoxy) is 3. The number of carbonyl (C=O) groups excluding carboxylic acids is 1. The minimum Gasteiger partial charge on any atom is -0.469 e. The van der Waals surface area contributed by atoms with E-state index in [-0.39, 0.29) is 12.2 Å². The van der Waals surface area contributed by atoms with Crippen LogP contribution in [0.1, 0.15) is 32.8 Å². The molecule has 2 heterocycles. The molecule has 1 aromatic heterocycles. The second kappa shape index (κ2) is 8.77. The van der Waals surface area contributed by atoms with Crippen LogP contribution < -0.4 is 9.47 Å². The van der Waals surface area contributed by atoms with Gasteiger partial charge in [-0.2, -0.15) is 4.98 Å². The predicted octanol–water partition coefficient (Wildman–Crippen LogP) is 4.21. The van der Waals surface area contributed by atoms with Gasteiger partial charge in [0.05, 0.1) is 12.7 Å². The third kappa shape index (κ3) is 5.82. The minimum absolute atomic E-state index is 0.193. The Bertz CT molecular complexity index is 811. The van der Waals surface area contributed by atoms with Gasteiger partial charge in [-0.1, -0.05) is 30.3 Å². The van der Waals surface area contributed by atoms with Gasteiger partial charge in [0.15, 0.2) is 0 Å². The first kappa shape index (κ1) is 20.4. The van der Waals surface area contributed by atoms with Gasteiger partial charge in [-0.05, 0) is 42.3 Å². The number of likely N-dealkylation sites (tertiary alicyclic amines) is 1. The van der Waals surface area contributed by atoms with Crippen LogP contribution in [0.3, 0.4) is 0 Å². The number of halogens is 1. The molecule has 150 valence electrons. The quantitative estimate of drug-likeness (QED) is 0.680. The van der Waals surface area contributed by atoms with Crippen molar-refractivity contribution in [3.05, 3.63) is 46.7 Å². The van der Waals surface area contributed by atoms with Crippen molar-refractivity contribution in [1.82, 2.24) is 14.9 Å². The van der Waals surface area contributed by atoms with Gasteiger partial charge in [-0.3, -0.25) is 0 Å². The van der Waals surface area contributed by atoms with E-state index in [2.05, 4.69) is 25.9 Å². The second-order valence-electron chi connectivity index (χ2n) is 7.53. The average Bonchev–Trinajstić information content (AvgIpc) is 3.10. The van der Waals surface area contributed by atoms with Crippen molar-refractivity contribution < 1.29 is 19.0 Å². The molecule has 1 unspecified atom stereocenters. The maximum atomic E-state index is 12.2. The lowest BCUT2D eigenvalue weighted by molar-refractivity contribution is 0.0274. The molecule has 1 aliphatic heterocycles. The molecule has 1 saturated heterocycles. The summed E-state index contributed by atoms with van der Waals surface area (Å²) in [6, 6.07) is 9.80. The molecule has 28 heavy (non-hydrogen) atoms. The summed E-state index contributed by atoms with van der Waals surface area (Å²) in [6.45, 7) is 6.92. The van der Waals surface area contributed by atoms with E-state index in [0.717, 1.165) is 5.56 Å². The van der Waals surface area contributed by atoms with Crippen molar-refractivity contribution in [3.63, 3.8) is 0 Å². The van der Waals surface area contributed by atoms with Gasteiger partial charge < -0.3 is 19.1 Å². The van der Waals surface area contributed by atoms with Crippen LogP contribution in [-0.4, -0.2) is 45.8 Å². The summed E-state index contributed by atoms with van der Waals surface area (Å²) in [7, 11) is 0. The fourth-order valence-electron chi connectivity index (χ4n) is 2.72. The topological polar surface area (TPSA) is 73.8 Å². The lowest BCUT2D eigenvalue weighted by Gasteiger charge is -2.24. The summed E-state index contributed by atoms with van der Waals surface area (Å²) in [5.74, 6) is 0.629. The number of hydrogen-bond donors (Lipinski definition) is 0. The first-order valence-electron chi connectivity index (χ1n) is 9.14. The van der Waals surface area contributed by atoms with E-state index in [1.807, 2.05) is 51.1 Å². The first-order chi connectivity index (χ1) is 13.3. The van der Waals surface area contributed by atoms with Crippen molar-refractivity contribution >= 4 is 22.0 Å². The third-order valence-corrected chi connectivity index (χ3v) is 4.36. The molecule has 1 aromatic carbocycles. The Hall–Kier alpha value is -2.35. The Morgan fingerprint density at radius 1 is 1.25 bits per heavy atom. The Morgan fingerprint density at radius 3 is 2.71 bits per heavy atom. The van der Waals surface area contributed by atoms with Gasteiger partial charge in [-0.25, -0.2) is 9.78 Å². The molecule has 0 saturated carbocycles. The highest BCUT2D eigenvalue weighted by Crippen LogP contribution is 2.28. The highest BCUT2D eigenvalue weighted by molar-refractivity contribution is 9.10. The standard InChI is InChI=1S/C20H24BrN3O4/c1-20(2,3)28-19(25)24-10-9-15(12-24)27-17-18(23-16(21)11-22-17)26-13-14-7-5-4-6-8-14/h4-8,11,15H,9-10,12-13H2,1-3H3. The summed E-state index contributed by atoms with van der Waals surface area (Å²) in [5.41, 5.74) is 0.498. The van der Waals surface area contributed by atoms with E-state index in [1.165, 1.54) is 0 Å². The zero-order chi connectivity index (χ0) is 20.1. The molecule has 0 spiro atoms. The number of nitrogens with zero attached hydrogens (tertiary/aromatic N) is 3. The molecule has 1 aliphatic rings. The highest BCUT2D eigenvalue weighted by atomic mass is 79.9. The minimum atomic E-state index is -0.522. The molecule has 1 fully saturated rings. The Kier molecular flexibility index (Phi) is 6.39. The van der Waals surface area contributed by atoms with E-state index in [0.29, 0.717) is 42.5 Å². The fraction of sp³-hybridized carbons (Fsp3) is 0.450. The van der Waals surface area contributed by atoms with Crippen LogP contribution in [0.4, 0.5) is 4.79 Å². The van der Waals surface area contributed by atoms with E-state index in [9.17, 15) is 4.79 Å². The van der Waals surface area contributed by atoms with Crippen LogP contribution in [-0.2, 0) is 11.3 Å². The molecular formula is C20H24BrN3O4. The van der Waals surface area contributed by atoms with Gasteiger partial charge >= 0.3 is 6.09 Å². The molecule has 0 bridgehead atoms. The van der Waals surface area contributed by atoms with E-state index < -0.39 is 5.60 Å². The zero-order valence-corrected chi connectivity index (χ0v) is 17.8. The van der Waals surface area contributed by atoms with Crippen LogP contribution in [0.15, 0.2) is 41.1 Å². The Morgan fingerprint density at radius 2 is 2.00 bits per heavy atom. The van der Waals surface area contributed by atoms with Crippen LogP contribution in [0.5, 0.6) is 11.8 Å². The Balaban J connectivity index is 1.62. The van der Waals surface area contributed by atoms with Crippen molar-refractivity contribution in [3.8, 4) is 11.8 Å². The van der Waals surface area contributed by atoms with E-state index in [4.69, 9.17) is 14.2 Å². The summed E-state index contributed by atoms with van der Waals surface area (Å²) < 4.78 is 17.8. The van der Waals surface area contributed by atoms with Crippen LogP contribution >= 0.6 is 15.9 Å². The second-order valence-corrected chi connectivity index (χ2v) is 8.34. The monoisotopic (exact) mass is 449 g/mol. The lowest BCUT2D eigenvalue weighted by Crippen LogP contribution is -2.36. The van der Waals surface area contributed by atoms with Crippen LogP contribution in [0.25, 0.3) is 0 Å². The zero-order valence-electron chi connectivity index (χ0n) is 16.2. The molecule has 0 radical (unpaired) electrons. The summed E-state index contributed by atoms with van der Waals surface area (Å²) in [5, 5.41) is 0. The summed E-state index contributed by atoms with van der Waals surface area (Å²) in [6.07, 6.45) is 1.73. The molecule has 7 nitrogen and oxygen atoms in total. The smallest absolute Gasteiger partial charge is 0.410 e. The van der Waals surface area contributed by atoms with Crippen LogP contribution in [0.2, 0.25) is 0 Å². The third-order valence-electron chi connectivity index (χ3n) is 3.97. The van der Waals surface area contributed by atoms with E-state index >= 15 is 0 Å². The fourth-order valence-corrected chi connectivity index (χ4v) is 2.98. The van der Waals surface area contributed by atoms with Crippen molar-refractivity contribution in [2.45, 2.75) is 45.5 Å². The van der Waals surface area contributed by atoms with Gasteiger partial charge in [0.2, 0.25) is 0 Å².